The van der Waals surface area contributed by atoms with Crippen LogP contribution in [0.3, 0.4) is 0 Å². The third-order valence-corrected chi connectivity index (χ3v) is 5.24. The van der Waals surface area contributed by atoms with Crippen molar-refractivity contribution in [1.29, 1.82) is 0 Å². The Morgan fingerprint density at radius 1 is 1.00 bits per heavy atom. The first kappa shape index (κ1) is 19.7. The van der Waals surface area contributed by atoms with E-state index < -0.39 is 6.04 Å². The summed E-state index contributed by atoms with van der Waals surface area (Å²) in [7, 11) is 0. The van der Waals surface area contributed by atoms with E-state index in [4.69, 9.17) is 4.74 Å². The molecule has 3 aromatic rings. The topological polar surface area (TPSA) is 58.6 Å². The minimum absolute atomic E-state index is 0.111. The van der Waals surface area contributed by atoms with Gasteiger partial charge in [-0.15, -0.1) is 0 Å². The molecule has 1 atom stereocenters. The lowest BCUT2D eigenvalue weighted by atomic mass is 10.0. The Balaban J connectivity index is 1.63. The Kier molecular flexibility index (Phi) is 5.80. The highest BCUT2D eigenvalue weighted by molar-refractivity contribution is 6.04. The predicted octanol–water partition coefficient (Wildman–Crippen LogP) is 4.29. The van der Waals surface area contributed by atoms with Gasteiger partial charge in [-0.1, -0.05) is 60.7 Å². The minimum atomic E-state index is -0.637. The van der Waals surface area contributed by atoms with Gasteiger partial charge in [-0.3, -0.25) is 9.59 Å². The number of hydrogen-bond acceptors (Lipinski definition) is 3. The van der Waals surface area contributed by atoms with E-state index in [0.717, 1.165) is 11.1 Å². The fraction of sp³-hybridized carbons (Fsp3) is 0.200. The normalized spacial score (nSPS) is 13.6. The van der Waals surface area contributed by atoms with E-state index in [9.17, 15) is 9.59 Å². The number of rotatable bonds is 7. The summed E-state index contributed by atoms with van der Waals surface area (Å²) >= 11 is 0. The van der Waals surface area contributed by atoms with Gasteiger partial charge in [0.2, 0.25) is 5.91 Å². The van der Waals surface area contributed by atoms with Crippen LogP contribution in [-0.2, 0) is 17.8 Å². The molecule has 30 heavy (non-hydrogen) atoms. The van der Waals surface area contributed by atoms with Crippen LogP contribution in [0.5, 0.6) is 5.75 Å². The molecule has 1 N–H and O–H groups in total. The summed E-state index contributed by atoms with van der Waals surface area (Å²) in [6.07, 6.45) is 0.434. The molecule has 1 aliphatic heterocycles. The minimum Gasteiger partial charge on any atom is -0.492 e. The lowest BCUT2D eigenvalue weighted by Gasteiger charge is -2.27. The smallest absolute Gasteiger partial charge is 0.255 e. The Morgan fingerprint density at radius 2 is 1.70 bits per heavy atom. The monoisotopic (exact) mass is 400 g/mol. The second kappa shape index (κ2) is 8.82. The summed E-state index contributed by atoms with van der Waals surface area (Å²) in [4.78, 5) is 28.1. The SMILES string of the molecule is CCOc1ccccc1NC(=O)[C@H](Cc1ccccc1)N1Cc2ccccc2C1=O. The van der Waals surface area contributed by atoms with Gasteiger partial charge in [0.25, 0.3) is 5.91 Å². The largest absolute Gasteiger partial charge is 0.492 e. The molecule has 0 fully saturated rings. The summed E-state index contributed by atoms with van der Waals surface area (Å²) < 4.78 is 5.64. The summed E-state index contributed by atoms with van der Waals surface area (Å²) in [5, 5.41) is 2.98. The molecule has 0 saturated carbocycles. The standard InChI is InChI=1S/C25H24N2O3/c1-2-30-23-15-9-8-14-21(23)26-24(28)22(16-18-10-4-3-5-11-18)27-17-19-12-6-7-13-20(19)25(27)29/h3-15,22H,2,16-17H2,1H3,(H,26,28)/t22-/m0/s1. The number of benzene rings is 3. The van der Waals surface area contributed by atoms with E-state index in [-0.39, 0.29) is 11.8 Å². The van der Waals surface area contributed by atoms with Crippen molar-refractivity contribution in [2.75, 3.05) is 11.9 Å². The Hall–Kier alpha value is -3.60. The van der Waals surface area contributed by atoms with Crippen LogP contribution in [0.1, 0.15) is 28.4 Å². The lowest BCUT2D eigenvalue weighted by molar-refractivity contribution is -0.120. The lowest BCUT2D eigenvalue weighted by Crippen LogP contribution is -2.45. The maximum Gasteiger partial charge on any atom is 0.255 e. The van der Waals surface area contributed by atoms with Crippen LogP contribution in [-0.4, -0.2) is 29.4 Å². The Morgan fingerprint density at radius 3 is 2.47 bits per heavy atom. The highest BCUT2D eigenvalue weighted by Gasteiger charge is 2.36. The van der Waals surface area contributed by atoms with E-state index in [1.165, 1.54) is 0 Å². The molecule has 152 valence electrons. The zero-order valence-electron chi connectivity index (χ0n) is 16.9. The number of ether oxygens (including phenoxy) is 1. The Bertz CT molecular complexity index is 1050. The maximum absolute atomic E-state index is 13.4. The van der Waals surface area contributed by atoms with Crippen molar-refractivity contribution in [2.24, 2.45) is 0 Å². The van der Waals surface area contributed by atoms with Crippen molar-refractivity contribution >= 4 is 17.5 Å². The molecular formula is C25H24N2O3. The number of para-hydroxylation sites is 2. The number of hydrogen-bond donors (Lipinski definition) is 1. The molecule has 5 heteroatoms. The molecule has 4 rings (SSSR count). The average molecular weight is 400 g/mol. The molecule has 1 heterocycles. The molecule has 0 spiro atoms. The van der Waals surface area contributed by atoms with Crippen molar-refractivity contribution in [3.8, 4) is 5.75 Å². The van der Waals surface area contributed by atoms with E-state index in [0.29, 0.717) is 36.6 Å². The number of amides is 2. The molecule has 0 radical (unpaired) electrons. The predicted molar refractivity (Wildman–Crippen MR) is 116 cm³/mol. The first-order chi connectivity index (χ1) is 14.7. The number of fused-ring (bicyclic) bond motifs is 1. The van der Waals surface area contributed by atoms with E-state index in [1.807, 2.05) is 85.8 Å². The number of carbonyl (C=O) groups is 2. The van der Waals surface area contributed by atoms with Crippen LogP contribution >= 0.6 is 0 Å². The highest BCUT2D eigenvalue weighted by atomic mass is 16.5. The van der Waals surface area contributed by atoms with Gasteiger partial charge in [0.05, 0.1) is 12.3 Å². The molecule has 0 saturated heterocycles. The summed E-state index contributed by atoms with van der Waals surface area (Å²) in [5.74, 6) is 0.273. The van der Waals surface area contributed by atoms with E-state index >= 15 is 0 Å². The second-order valence-corrected chi connectivity index (χ2v) is 7.21. The van der Waals surface area contributed by atoms with Gasteiger partial charge in [0.15, 0.2) is 0 Å². The van der Waals surface area contributed by atoms with E-state index in [1.54, 1.807) is 4.90 Å². The molecule has 0 bridgehead atoms. The van der Waals surface area contributed by atoms with Crippen LogP contribution in [0.2, 0.25) is 0 Å². The van der Waals surface area contributed by atoms with Crippen LogP contribution in [0, 0.1) is 0 Å². The fourth-order valence-corrected chi connectivity index (χ4v) is 3.78. The second-order valence-electron chi connectivity index (χ2n) is 7.21. The van der Waals surface area contributed by atoms with Crippen molar-refractivity contribution in [3.05, 3.63) is 95.6 Å². The van der Waals surface area contributed by atoms with Crippen molar-refractivity contribution in [2.45, 2.75) is 25.9 Å². The van der Waals surface area contributed by atoms with Crippen LogP contribution in [0.15, 0.2) is 78.9 Å². The number of nitrogens with zero attached hydrogens (tertiary/aromatic N) is 1. The van der Waals surface area contributed by atoms with Crippen LogP contribution in [0.4, 0.5) is 5.69 Å². The third-order valence-electron chi connectivity index (χ3n) is 5.24. The van der Waals surface area contributed by atoms with Crippen molar-refractivity contribution in [1.82, 2.24) is 4.90 Å². The average Bonchev–Trinajstić information content (AvgIpc) is 3.11. The Labute approximate surface area is 176 Å². The number of anilines is 1. The van der Waals surface area contributed by atoms with Crippen LogP contribution < -0.4 is 10.1 Å². The molecular weight excluding hydrogens is 376 g/mol. The van der Waals surface area contributed by atoms with Crippen molar-refractivity contribution in [3.63, 3.8) is 0 Å². The summed E-state index contributed by atoms with van der Waals surface area (Å²) in [6, 6.07) is 24.0. The third kappa shape index (κ3) is 4.06. The van der Waals surface area contributed by atoms with Crippen molar-refractivity contribution < 1.29 is 14.3 Å². The van der Waals surface area contributed by atoms with Gasteiger partial charge in [-0.25, -0.2) is 0 Å². The first-order valence-electron chi connectivity index (χ1n) is 10.1. The molecule has 0 unspecified atom stereocenters. The van der Waals surface area contributed by atoms with Gasteiger partial charge in [0.1, 0.15) is 11.8 Å². The summed E-state index contributed by atoms with van der Waals surface area (Å²) in [5.41, 5.74) is 3.22. The van der Waals surface area contributed by atoms with Gasteiger partial charge in [0, 0.05) is 18.5 Å². The van der Waals surface area contributed by atoms with Gasteiger partial charge < -0.3 is 15.0 Å². The molecule has 5 nitrogen and oxygen atoms in total. The number of nitrogens with one attached hydrogen (secondary N) is 1. The molecule has 0 aromatic heterocycles. The van der Waals surface area contributed by atoms with Gasteiger partial charge in [-0.2, -0.15) is 0 Å². The molecule has 2 amide bonds. The zero-order chi connectivity index (χ0) is 20.9. The first-order valence-corrected chi connectivity index (χ1v) is 10.1. The zero-order valence-corrected chi connectivity index (χ0v) is 16.9. The quantitative estimate of drug-likeness (QED) is 0.644. The summed E-state index contributed by atoms with van der Waals surface area (Å²) in [6.45, 7) is 2.82. The fourth-order valence-electron chi connectivity index (χ4n) is 3.78. The maximum atomic E-state index is 13.4. The van der Waals surface area contributed by atoms with Crippen LogP contribution in [0.25, 0.3) is 0 Å². The molecule has 0 aliphatic carbocycles. The van der Waals surface area contributed by atoms with E-state index in [2.05, 4.69) is 5.32 Å². The molecule has 3 aromatic carbocycles. The molecule has 1 aliphatic rings. The number of carbonyl (C=O) groups excluding carboxylic acids is 2. The van der Waals surface area contributed by atoms with Gasteiger partial charge >= 0.3 is 0 Å². The highest BCUT2D eigenvalue weighted by Crippen LogP contribution is 2.28. The van der Waals surface area contributed by atoms with Gasteiger partial charge in [-0.05, 0) is 36.2 Å².